The molecule has 3 aromatic carbocycles. The number of morpholine rings is 1. The lowest BCUT2D eigenvalue weighted by molar-refractivity contribution is -0.384. The Morgan fingerprint density at radius 1 is 0.943 bits per heavy atom. The number of anilines is 1. The third-order valence-electron chi connectivity index (χ3n) is 6.65. The van der Waals surface area contributed by atoms with Gasteiger partial charge in [-0.2, -0.15) is 0 Å². The van der Waals surface area contributed by atoms with Crippen LogP contribution in [0.3, 0.4) is 0 Å². The molecule has 0 spiro atoms. The Hall–Kier alpha value is -4.18. The lowest BCUT2D eigenvalue weighted by Gasteiger charge is -2.32. The van der Waals surface area contributed by atoms with Gasteiger partial charge < -0.3 is 19.1 Å². The molecule has 6 rings (SSSR count). The van der Waals surface area contributed by atoms with Gasteiger partial charge in [-0.15, -0.1) is 0 Å². The van der Waals surface area contributed by atoms with Crippen LogP contribution in [0.1, 0.15) is 26.3 Å². The average molecular weight is 475 g/mol. The first-order chi connectivity index (χ1) is 17.0. The summed E-state index contributed by atoms with van der Waals surface area (Å²) in [6.45, 7) is 2.17. The lowest BCUT2D eigenvalue weighted by Crippen LogP contribution is -2.42. The number of carbonyl (C=O) groups is 2. The minimum Gasteiger partial charge on any atom is -0.454 e. The zero-order valence-corrected chi connectivity index (χ0v) is 18.7. The molecule has 0 N–H and O–H groups in total. The minimum absolute atomic E-state index is 0.131. The van der Waals surface area contributed by atoms with Crippen molar-refractivity contribution in [2.24, 2.45) is 0 Å². The quantitative estimate of drug-likeness (QED) is 0.314. The van der Waals surface area contributed by atoms with E-state index in [0.717, 1.165) is 5.56 Å². The Bertz CT molecular complexity index is 1400. The molecular formula is C25H21N3O7. The SMILES string of the molecule is O=C1c2cccc3c(N4CCOCC4)c([N+](=O)[O-])cc(c23)C(=O)N1CCc1ccc2c(c1)OCO2. The van der Waals surface area contributed by atoms with E-state index in [-0.39, 0.29) is 24.6 Å². The number of carbonyl (C=O) groups excluding carboxylic acids is 2. The van der Waals surface area contributed by atoms with Crippen LogP contribution in [-0.2, 0) is 11.2 Å². The minimum atomic E-state index is -0.531. The molecule has 3 aromatic rings. The summed E-state index contributed by atoms with van der Waals surface area (Å²) in [7, 11) is 0. The van der Waals surface area contributed by atoms with E-state index in [4.69, 9.17) is 14.2 Å². The van der Waals surface area contributed by atoms with Gasteiger partial charge in [-0.1, -0.05) is 18.2 Å². The van der Waals surface area contributed by atoms with Gasteiger partial charge in [0.25, 0.3) is 17.5 Å². The molecule has 0 saturated carbocycles. The third kappa shape index (κ3) is 3.45. The third-order valence-corrected chi connectivity index (χ3v) is 6.65. The van der Waals surface area contributed by atoms with E-state index in [1.165, 1.54) is 11.0 Å². The number of amides is 2. The van der Waals surface area contributed by atoms with Crippen molar-refractivity contribution >= 4 is 34.0 Å². The smallest absolute Gasteiger partial charge is 0.293 e. The molecule has 3 heterocycles. The maximum atomic E-state index is 13.5. The second kappa shape index (κ2) is 8.24. The molecule has 0 aliphatic carbocycles. The van der Waals surface area contributed by atoms with Crippen LogP contribution in [0.2, 0.25) is 0 Å². The molecule has 3 aliphatic rings. The van der Waals surface area contributed by atoms with Crippen LogP contribution in [0, 0.1) is 10.1 Å². The molecule has 2 amide bonds. The molecule has 1 saturated heterocycles. The van der Waals surface area contributed by atoms with Crippen LogP contribution in [0.15, 0.2) is 42.5 Å². The Labute approximate surface area is 199 Å². The van der Waals surface area contributed by atoms with Crippen LogP contribution < -0.4 is 14.4 Å². The summed E-state index contributed by atoms with van der Waals surface area (Å²) >= 11 is 0. The van der Waals surface area contributed by atoms with Crippen LogP contribution >= 0.6 is 0 Å². The monoisotopic (exact) mass is 475 g/mol. The molecule has 0 unspecified atom stereocenters. The van der Waals surface area contributed by atoms with Gasteiger partial charge in [0.15, 0.2) is 11.5 Å². The zero-order valence-electron chi connectivity index (χ0n) is 18.7. The normalized spacial score (nSPS) is 16.8. The maximum Gasteiger partial charge on any atom is 0.293 e. The highest BCUT2D eigenvalue weighted by atomic mass is 16.7. The molecule has 178 valence electrons. The van der Waals surface area contributed by atoms with Crippen LogP contribution in [0.5, 0.6) is 11.5 Å². The van der Waals surface area contributed by atoms with E-state index in [0.29, 0.717) is 66.2 Å². The van der Waals surface area contributed by atoms with Gasteiger partial charge in [-0.3, -0.25) is 24.6 Å². The first-order valence-electron chi connectivity index (χ1n) is 11.3. The molecule has 0 aromatic heterocycles. The number of ether oxygens (including phenoxy) is 3. The van der Waals surface area contributed by atoms with E-state index in [1.54, 1.807) is 24.3 Å². The number of nitrogens with zero attached hydrogens (tertiary/aromatic N) is 3. The summed E-state index contributed by atoms with van der Waals surface area (Å²) < 4.78 is 16.1. The van der Waals surface area contributed by atoms with E-state index < -0.39 is 16.7 Å². The van der Waals surface area contributed by atoms with Crippen molar-refractivity contribution in [3.63, 3.8) is 0 Å². The first kappa shape index (κ1) is 21.4. The van der Waals surface area contributed by atoms with Gasteiger partial charge in [0.05, 0.1) is 23.7 Å². The summed E-state index contributed by atoms with van der Waals surface area (Å²) in [4.78, 5) is 41.6. The number of hydrogen-bond donors (Lipinski definition) is 0. The van der Waals surface area contributed by atoms with Gasteiger partial charge in [0.2, 0.25) is 6.79 Å². The second-order valence-electron chi connectivity index (χ2n) is 8.58. The number of fused-ring (bicyclic) bond motifs is 1. The summed E-state index contributed by atoms with van der Waals surface area (Å²) in [6.07, 6.45) is 0.410. The summed E-state index contributed by atoms with van der Waals surface area (Å²) in [6, 6.07) is 11.9. The fourth-order valence-electron chi connectivity index (χ4n) is 4.98. The summed E-state index contributed by atoms with van der Waals surface area (Å²) in [5.74, 6) is 0.342. The van der Waals surface area contributed by atoms with Crippen LogP contribution in [-0.4, -0.2) is 61.3 Å². The number of nitro groups is 1. The molecule has 1 fully saturated rings. The van der Waals surface area contributed by atoms with Gasteiger partial charge >= 0.3 is 0 Å². The highest BCUT2D eigenvalue weighted by Crippen LogP contribution is 2.42. The highest BCUT2D eigenvalue weighted by Gasteiger charge is 2.37. The predicted molar refractivity (Wildman–Crippen MR) is 125 cm³/mol. The molecule has 0 bridgehead atoms. The highest BCUT2D eigenvalue weighted by molar-refractivity contribution is 6.27. The van der Waals surface area contributed by atoms with Crippen molar-refractivity contribution in [1.29, 1.82) is 0 Å². The standard InChI is InChI=1S/C25H21N3O7/c29-24-17-3-1-2-16-22(17)18(13-19(28(31)32)23(16)26-8-10-33-11-9-26)25(30)27(24)7-6-15-4-5-20-21(12-15)35-14-34-20/h1-5,12-13H,6-11,14H2. The van der Waals surface area contributed by atoms with Crippen LogP contribution in [0.25, 0.3) is 10.8 Å². The van der Waals surface area contributed by atoms with E-state index in [9.17, 15) is 19.7 Å². The number of rotatable bonds is 5. The number of hydrogen-bond acceptors (Lipinski definition) is 8. The molecule has 35 heavy (non-hydrogen) atoms. The fourth-order valence-corrected chi connectivity index (χ4v) is 4.98. The van der Waals surface area contributed by atoms with Crippen LogP contribution in [0.4, 0.5) is 11.4 Å². The van der Waals surface area contributed by atoms with Crippen molar-refractivity contribution in [2.45, 2.75) is 6.42 Å². The second-order valence-corrected chi connectivity index (χ2v) is 8.58. The number of nitro benzene ring substituents is 1. The van der Waals surface area contributed by atoms with Crippen molar-refractivity contribution < 1.29 is 28.7 Å². The summed E-state index contributed by atoms with van der Waals surface area (Å²) in [5, 5.41) is 13.1. The van der Waals surface area contributed by atoms with Gasteiger partial charge in [-0.05, 0) is 30.2 Å². The molecule has 3 aliphatic heterocycles. The largest absolute Gasteiger partial charge is 0.454 e. The van der Waals surface area contributed by atoms with Crippen molar-refractivity contribution in [2.75, 3.05) is 44.5 Å². The van der Waals surface area contributed by atoms with Crippen molar-refractivity contribution in [3.8, 4) is 11.5 Å². The molecule has 10 nitrogen and oxygen atoms in total. The summed E-state index contributed by atoms with van der Waals surface area (Å²) in [5.41, 5.74) is 1.70. The Balaban J connectivity index is 1.40. The molecular weight excluding hydrogens is 454 g/mol. The fraction of sp³-hybridized carbons (Fsp3) is 0.280. The molecule has 10 heteroatoms. The van der Waals surface area contributed by atoms with Gasteiger partial charge in [0, 0.05) is 42.0 Å². The molecule has 0 radical (unpaired) electrons. The maximum absolute atomic E-state index is 13.5. The van der Waals surface area contributed by atoms with E-state index in [1.807, 2.05) is 17.0 Å². The zero-order chi connectivity index (χ0) is 24.1. The Morgan fingerprint density at radius 3 is 2.51 bits per heavy atom. The van der Waals surface area contributed by atoms with E-state index in [2.05, 4.69) is 0 Å². The molecule has 0 atom stereocenters. The Morgan fingerprint density at radius 2 is 1.71 bits per heavy atom. The predicted octanol–water partition coefficient (Wildman–Crippen LogP) is 3.15. The van der Waals surface area contributed by atoms with Crippen molar-refractivity contribution in [3.05, 3.63) is 69.3 Å². The number of benzene rings is 3. The Kier molecular flexibility index (Phi) is 5.03. The first-order valence-corrected chi connectivity index (χ1v) is 11.3. The topological polar surface area (TPSA) is 111 Å². The van der Waals surface area contributed by atoms with Crippen molar-refractivity contribution in [1.82, 2.24) is 4.90 Å². The average Bonchev–Trinajstić information content (AvgIpc) is 3.35. The van der Waals surface area contributed by atoms with Gasteiger partial charge in [-0.25, -0.2) is 0 Å². The van der Waals surface area contributed by atoms with E-state index >= 15 is 0 Å². The van der Waals surface area contributed by atoms with Gasteiger partial charge in [0.1, 0.15) is 5.69 Å². The lowest BCUT2D eigenvalue weighted by atomic mass is 9.91. The number of imide groups is 1.